The fraction of sp³-hybridized carbons (Fsp3) is 0.545. The van der Waals surface area contributed by atoms with Crippen LogP contribution in [0.5, 0.6) is 0 Å². The van der Waals surface area contributed by atoms with Crippen LogP contribution in [0.15, 0.2) is 5.16 Å². The second-order valence-electron chi connectivity index (χ2n) is 4.64. The zero-order valence-corrected chi connectivity index (χ0v) is 13.1. The molecule has 108 valence electrons. The van der Waals surface area contributed by atoms with Gasteiger partial charge in [0.25, 0.3) is 0 Å². The van der Waals surface area contributed by atoms with Gasteiger partial charge in [0, 0.05) is 6.42 Å². The zero-order valence-electron chi connectivity index (χ0n) is 11.5. The van der Waals surface area contributed by atoms with Crippen LogP contribution in [-0.4, -0.2) is 37.0 Å². The molecule has 2 aromatic rings. The summed E-state index contributed by atoms with van der Waals surface area (Å²) in [5.41, 5.74) is 0. The smallest absolute Gasteiger partial charge is 0.236 e. The summed E-state index contributed by atoms with van der Waals surface area (Å²) in [5, 5.41) is 19.5. The first-order chi connectivity index (χ1) is 9.52. The highest BCUT2D eigenvalue weighted by Crippen LogP contribution is 2.19. The lowest BCUT2D eigenvalue weighted by Crippen LogP contribution is -2.13. The van der Waals surface area contributed by atoms with Crippen LogP contribution in [0.3, 0.4) is 0 Å². The number of amides is 1. The molecule has 0 spiro atoms. The molecule has 0 atom stereocenters. The molecule has 7 nitrogen and oxygen atoms in total. The van der Waals surface area contributed by atoms with Crippen molar-refractivity contribution >= 4 is 34.1 Å². The second kappa shape index (κ2) is 6.80. The Labute approximate surface area is 125 Å². The van der Waals surface area contributed by atoms with Crippen molar-refractivity contribution in [2.45, 2.75) is 32.3 Å². The summed E-state index contributed by atoms with van der Waals surface area (Å²) in [7, 11) is 0. The van der Waals surface area contributed by atoms with Gasteiger partial charge in [0.1, 0.15) is 10.8 Å². The van der Waals surface area contributed by atoms with E-state index in [9.17, 15) is 4.79 Å². The Morgan fingerprint density at radius 1 is 1.45 bits per heavy atom. The fourth-order valence-corrected chi connectivity index (χ4v) is 3.02. The van der Waals surface area contributed by atoms with Gasteiger partial charge in [-0.2, -0.15) is 0 Å². The van der Waals surface area contributed by atoms with E-state index in [1.807, 2.05) is 6.92 Å². The summed E-state index contributed by atoms with van der Waals surface area (Å²) in [6.45, 7) is 6.05. The average Bonchev–Trinajstić information content (AvgIpc) is 2.95. The molecule has 0 aliphatic heterocycles. The van der Waals surface area contributed by atoms with Crippen molar-refractivity contribution in [3.05, 3.63) is 10.8 Å². The van der Waals surface area contributed by atoms with Gasteiger partial charge in [-0.15, -0.1) is 15.3 Å². The highest BCUT2D eigenvalue weighted by Gasteiger charge is 2.11. The first-order valence-corrected chi connectivity index (χ1v) is 7.97. The third kappa shape index (κ3) is 4.57. The molecule has 0 aliphatic carbocycles. The molecule has 0 saturated heterocycles. The lowest BCUT2D eigenvalue weighted by molar-refractivity contribution is -0.113. The normalized spacial score (nSPS) is 11.0. The molecule has 2 N–H and O–H groups in total. The van der Waals surface area contributed by atoms with Crippen molar-refractivity contribution in [1.29, 1.82) is 0 Å². The standard InChI is InChI=1S/C11H16N6OS2/c1-6(2)4-9-15-17-11(20-9)13-8(18)5-19-10-12-7(3)14-16-10/h6H,4-5H2,1-3H3,(H,12,14,16)(H,13,17,18). The molecular weight excluding hydrogens is 296 g/mol. The molecular formula is C11H16N6OS2. The van der Waals surface area contributed by atoms with Gasteiger partial charge in [-0.05, 0) is 12.8 Å². The SMILES string of the molecule is Cc1nc(SCC(=O)Nc2nnc(CC(C)C)s2)n[nH]1. The molecule has 0 aromatic carbocycles. The Morgan fingerprint density at radius 2 is 2.25 bits per heavy atom. The monoisotopic (exact) mass is 312 g/mol. The molecule has 0 fully saturated rings. The van der Waals surface area contributed by atoms with Crippen molar-refractivity contribution in [2.75, 3.05) is 11.1 Å². The summed E-state index contributed by atoms with van der Waals surface area (Å²) in [4.78, 5) is 15.9. The molecule has 2 aromatic heterocycles. The molecule has 1 amide bonds. The van der Waals surface area contributed by atoms with Crippen LogP contribution in [0.1, 0.15) is 24.7 Å². The van der Waals surface area contributed by atoms with Crippen LogP contribution < -0.4 is 5.32 Å². The largest absolute Gasteiger partial charge is 0.300 e. The summed E-state index contributed by atoms with van der Waals surface area (Å²) in [6.07, 6.45) is 0.874. The highest BCUT2D eigenvalue weighted by atomic mass is 32.2. The Balaban J connectivity index is 1.80. The van der Waals surface area contributed by atoms with Crippen molar-refractivity contribution in [1.82, 2.24) is 25.4 Å². The van der Waals surface area contributed by atoms with Crippen LogP contribution in [0, 0.1) is 12.8 Å². The van der Waals surface area contributed by atoms with Gasteiger partial charge < -0.3 is 0 Å². The number of aromatic amines is 1. The Bertz CT molecular complexity index is 579. The number of anilines is 1. The highest BCUT2D eigenvalue weighted by molar-refractivity contribution is 7.99. The van der Waals surface area contributed by atoms with E-state index < -0.39 is 0 Å². The van der Waals surface area contributed by atoms with E-state index in [1.54, 1.807) is 0 Å². The maximum absolute atomic E-state index is 11.8. The van der Waals surface area contributed by atoms with Crippen molar-refractivity contribution in [3.63, 3.8) is 0 Å². The third-order valence-electron chi connectivity index (χ3n) is 2.21. The van der Waals surface area contributed by atoms with Gasteiger partial charge in [0.15, 0.2) is 0 Å². The molecule has 0 unspecified atom stereocenters. The van der Waals surface area contributed by atoms with Crippen LogP contribution in [-0.2, 0) is 11.2 Å². The third-order valence-corrected chi connectivity index (χ3v) is 3.91. The number of carbonyl (C=O) groups excluding carboxylic acids is 1. The molecule has 2 heterocycles. The predicted octanol–water partition coefficient (Wildman–Crippen LogP) is 1.89. The fourth-order valence-electron chi connectivity index (χ4n) is 1.41. The minimum absolute atomic E-state index is 0.135. The number of aromatic nitrogens is 5. The van der Waals surface area contributed by atoms with Gasteiger partial charge >= 0.3 is 0 Å². The lowest BCUT2D eigenvalue weighted by atomic mass is 10.1. The number of H-pyrrole nitrogens is 1. The van der Waals surface area contributed by atoms with Gasteiger partial charge in [-0.3, -0.25) is 15.2 Å². The minimum Gasteiger partial charge on any atom is -0.300 e. The maximum Gasteiger partial charge on any atom is 0.236 e. The Hall–Kier alpha value is -1.48. The molecule has 0 aliphatic rings. The first-order valence-electron chi connectivity index (χ1n) is 6.17. The number of carbonyl (C=O) groups is 1. The number of aryl methyl sites for hydroxylation is 1. The maximum atomic E-state index is 11.8. The van der Waals surface area contributed by atoms with E-state index in [0.717, 1.165) is 17.3 Å². The number of thioether (sulfide) groups is 1. The summed E-state index contributed by atoms with van der Waals surface area (Å²) < 4.78 is 0. The van der Waals surface area contributed by atoms with E-state index in [0.29, 0.717) is 16.2 Å². The Kier molecular flexibility index (Phi) is 5.07. The molecule has 0 saturated carbocycles. The van der Waals surface area contributed by atoms with E-state index in [2.05, 4.69) is 44.5 Å². The van der Waals surface area contributed by atoms with Gasteiger partial charge in [0.05, 0.1) is 5.75 Å². The molecule has 2 rings (SSSR count). The van der Waals surface area contributed by atoms with Crippen molar-refractivity contribution in [3.8, 4) is 0 Å². The minimum atomic E-state index is -0.135. The quantitative estimate of drug-likeness (QED) is 0.791. The number of rotatable bonds is 6. The average molecular weight is 312 g/mol. The van der Waals surface area contributed by atoms with Crippen molar-refractivity contribution in [2.24, 2.45) is 5.92 Å². The predicted molar refractivity (Wildman–Crippen MR) is 78.9 cm³/mol. The van der Waals surface area contributed by atoms with E-state index in [-0.39, 0.29) is 11.7 Å². The number of nitrogens with one attached hydrogen (secondary N) is 2. The van der Waals surface area contributed by atoms with Gasteiger partial charge in [-0.1, -0.05) is 36.9 Å². The second-order valence-corrected chi connectivity index (χ2v) is 6.64. The van der Waals surface area contributed by atoms with Crippen LogP contribution >= 0.6 is 23.1 Å². The van der Waals surface area contributed by atoms with Crippen molar-refractivity contribution < 1.29 is 4.79 Å². The number of hydrogen-bond donors (Lipinski definition) is 2. The topological polar surface area (TPSA) is 96.5 Å². The zero-order chi connectivity index (χ0) is 14.5. The van der Waals surface area contributed by atoms with Gasteiger partial charge in [-0.25, -0.2) is 4.98 Å². The molecule has 20 heavy (non-hydrogen) atoms. The number of hydrogen-bond acceptors (Lipinski definition) is 7. The summed E-state index contributed by atoms with van der Waals surface area (Å²) in [5.74, 6) is 1.37. The summed E-state index contributed by atoms with van der Waals surface area (Å²) >= 11 is 2.69. The number of nitrogens with zero attached hydrogens (tertiary/aromatic N) is 4. The van der Waals surface area contributed by atoms with Gasteiger partial charge in [0.2, 0.25) is 16.2 Å². The van der Waals surface area contributed by atoms with Crippen LogP contribution in [0.4, 0.5) is 5.13 Å². The Morgan fingerprint density at radius 3 is 2.90 bits per heavy atom. The van der Waals surface area contributed by atoms with E-state index >= 15 is 0 Å². The molecule has 9 heteroatoms. The van der Waals surface area contributed by atoms with Crippen LogP contribution in [0.25, 0.3) is 0 Å². The summed E-state index contributed by atoms with van der Waals surface area (Å²) in [6, 6.07) is 0. The first kappa shape index (κ1) is 14.9. The lowest BCUT2D eigenvalue weighted by Gasteiger charge is -1.99. The van der Waals surface area contributed by atoms with E-state index in [1.165, 1.54) is 23.1 Å². The molecule has 0 bridgehead atoms. The van der Waals surface area contributed by atoms with E-state index in [4.69, 9.17) is 0 Å². The van der Waals surface area contributed by atoms with Crippen LogP contribution in [0.2, 0.25) is 0 Å². The molecule has 0 radical (unpaired) electrons.